The highest BCUT2D eigenvalue weighted by atomic mass is 79.9. The van der Waals surface area contributed by atoms with Gasteiger partial charge in [-0.2, -0.15) is 0 Å². The average molecular weight is 340 g/mol. The van der Waals surface area contributed by atoms with Crippen molar-refractivity contribution in [3.63, 3.8) is 0 Å². The molecular weight excluding hydrogens is 328 g/mol. The molecule has 0 saturated carbocycles. The molecule has 2 aromatic rings. The van der Waals surface area contributed by atoms with Crippen LogP contribution in [0.3, 0.4) is 0 Å². The molecule has 3 N–H and O–H groups in total. The largest absolute Gasteiger partial charge is 0.399 e. The SMILES string of the molecule is Nc1cccc(CNC(=O)c2cc(Br)ccc2Cl)c1. The van der Waals surface area contributed by atoms with Crippen LogP contribution in [0.1, 0.15) is 15.9 Å². The molecule has 0 fully saturated rings. The van der Waals surface area contributed by atoms with E-state index in [-0.39, 0.29) is 5.91 Å². The Labute approximate surface area is 124 Å². The number of nitrogen functional groups attached to an aromatic ring is 1. The summed E-state index contributed by atoms with van der Waals surface area (Å²) < 4.78 is 0.811. The van der Waals surface area contributed by atoms with E-state index in [1.54, 1.807) is 24.3 Å². The van der Waals surface area contributed by atoms with Gasteiger partial charge in [0.25, 0.3) is 5.91 Å². The monoisotopic (exact) mass is 338 g/mol. The molecule has 98 valence electrons. The van der Waals surface area contributed by atoms with Gasteiger partial charge in [-0.25, -0.2) is 0 Å². The van der Waals surface area contributed by atoms with Gasteiger partial charge in [0, 0.05) is 16.7 Å². The molecular formula is C14H12BrClN2O. The van der Waals surface area contributed by atoms with Gasteiger partial charge in [-0.15, -0.1) is 0 Å². The van der Waals surface area contributed by atoms with Gasteiger partial charge in [0.15, 0.2) is 0 Å². The summed E-state index contributed by atoms with van der Waals surface area (Å²) >= 11 is 9.31. The summed E-state index contributed by atoms with van der Waals surface area (Å²) in [5.74, 6) is -0.214. The van der Waals surface area contributed by atoms with Crippen molar-refractivity contribution >= 4 is 39.1 Å². The molecule has 0 spiro atoms. The zero-order chi connectivity index (χ0) is 13.8. The number of hydrogen-bond acceptors (Lipinski definition) is 2. The number of rotatable bonds is 3. The molecule has 0 aromatic heterocycles. The van der Waals surface area contributed by atoms with Crippen LogP contribution in [0.25, 0.3) is 0 Å². The normalized spacial score (nSPS) is 10.2. The van der Waals surface area contributed by atoms with Crippen molar-refractivity contribution in [2.24, 2.45) is 0 Å². The quantitative estimate of drug-likeness (QED) is 0.839. The number of anilines is 1. The zero-order valence-corrected chi connectivity index (χ0v) is 12.3. The second kappa shape index (κ2) is 6.08. The molecule has 3 nitrogen and oxygen atoms in total. The van der Waals surface area contributed by atoms with Crippen LogP contribution in [0.4, 0.5) is 5.69 Å². The van der Waals surface area contributed by atoms with E-state index < -0.39 is 0 Å². The van der Waals surface area contributed by atoms with Crippen molar-refractivity contribution < 1.29 is 4.79 Å². The molecule has 0 bridgehead atoms. The van der Waals surface area contributed by atoms with Crippen molar-refractivity contribution in [2.75, 3.05) is 5.73 Å². The Morgan fingerprint density at radius 2 is 2.05 bits per heavy atom. The molecule has 1 amide bonds. The van der Waals surface area contributed by atoms with Crippen molar-refractivity contribution in [3.05, 3.63) is 63.1 Å². The number of hydrogen-bond donors (Lipinski definition) is 2. The number of halogens is 2. The highest BCUT2D eigenvalue weighted by Crippen LogP contribution is 2.21. The van der Waals surface area contributed by atoms with E-state index >= 15 is 0 Å². The van der Waals surface area contributed by atoms with Crippen molar-refractivity contribution in [1.29, 1.82) is 0 Å². The second-order valence-electron chi connectivity index (χ2n) is 4.05. The van der Waals surface area contributed by atoms with Crippen molar-refractivity contribution in [2.45, 2.75) is 6.54 Å². The van der Waals surface area contributed by atoms with Crippen LogP contribution >= 0.6 is 27.5 Å². The Kier molecular flexibility index (Phi) is 4.45. The number of carbonyl (C=O) groups is 1. The maximum absolute atomic E-state index is 12.0. The summed E-state index contributed by atoms with van der Waals surface area (Å²) in [4.78, 5) is 12.0. The maximum Gasteiger partial charge on any atom is 0.253 e. The van der Waals surface area contributed by atoms with Gasteiger partial charge in [-0.05, 0) is 35.9 Å². The van der Waals surface area contributed by atoms with E-state index in [1.807, 2.05) is 18.2 Å². The number of amides is 1. The van der Waals surface area contributed by atoms with E-state index in [9.17, 15) is 4.79 Å². The molecule has 0 saturated heterocycles. The van der Waals surface area contributed by atoms with E-state index in [1.165, 1.54) is 0 Å². The summed E-state index contributed by atoms with van der Waals surface area (Å²) in [5.41, 5.74) is 7.74. The minimum atomic E-state index is -0.214. The lowest BCUT2D eigenvalue weighted by molar-refractivity contribution is 0.0951. The lowest BCUT2D eigenvalue weighted by Crippen LogP contribution is -2.23. The average Bonchev–Trinajstić information content (AvgIpc) is 2.39. The summed E-state index contributed by atoms with van der Waals surface area (Å²) in [6, 6.07) is 12.5. The lowest BCUT2D eigenvalue weighted by Gasteiger charge is -2.08. The topological polar surface area (TPSA) is 55.1 Å². The van der Waals surface area contributed by atoms with Crippen LogP contribution in [0, 0.1) is 0 Å². The first-order chi connectivity index (χ1) is 9.06. The first kappa shape index (κ1) is 13.9. The number of nitrogens with two attached hydrogens (primary N) is 1. The highest BCUT2D eigenvalue weighted by Gasteiger charge is 2.10. The van der Waals surface area contributed by atoms with Gasteiger partial charge < -0.3 is 11.1 Å². The molecule has 2 aromatic carbocycles. The fourth-order valence-electron chi connectivity index (χ4n) is 1.65. The highest BCUT2D eigenvalue weighted by molar-refractivity contribution is 9.10. The molecule has 2 rings (SSSR count). The molecule has 0 unspecified atom stereocenters. The molecule has 19 heavy (non-hydrogen) atoms. The van der Waals surface area contributed by atoms with Crippen LogP contribution in [0.15, 0.2) is 46.9 Å². The number of nitrogens with one attached hydrogen (secondary N) is 1. The number of benzene rings is 2. The van der Waals surface area contributed by atoms with Crippen molar-refractivity contribution in [3.8, 4) is 0 Å². The summed E-state index contributed by atoms with van der Waals surface area (Å²) in [6.07, 6.45) is 0. The summed E-state index contributed by atoms with van der Waals surface area (Å²) in [7, 11) is 0. The summed E-state index contributed by atoms with van der Waals surface area (Å²) in [6.45, 7) is 0.409. The Balaban J connectivity index is 2.07. The zero-order valence-electron chi connectivity index (χ0n) is 9.99. The van der Waals surface area contributed by atoms with Crippen LogP contribution < -0.4 is 11.1 Å². The van der Waals surface area contributed by atoms with E-state index in [4.69, 9.17) is 17.3 Å². The summed E-state index contributed by atoms with van der Waals surface area (Å²) in [5, 5.41) is 3.24. The Bertz CT molecular complexity index is 616. The van der Waals surface area contributed by atoms with Gasteiger partial charge in [0.2, 0.25) is 0 Å². The molecule has 0 aliphatic heterocycles. The van der Waals surface area contributed by atoms with Crippen LogP contribution in [0.5, 0.6) is 0 Å². The third kappa shape index (κ3) is 3.72. The predicted molar refractivity (Wildman–Crippen MR) is 81.2 cm³/mol. The van der Waals surface area contributed by atoms with E-state index in [0.29, 0.717) is 22.8 Å². The first-order valence-corrected chi connectivity index (χ1v) is 6.81. The van der Waals surface area contributed by atoms with Gasteiger partial charge >= 0.3 is 0 Å². The van der Waals surface area contributed by atoms with Crippen LogP contribution in [-0.2, 0) is 6.54 Å². The van der Waals surface area contributed by atoms with Crippen LogP contribution in [-0.4, -0.2) is 5.91 Å². The van der Waals surface area contributed by atoms with Crippen LogP contribution in [0.2, 0.25) is 5.02 Å². The standard InChI is InChI=1S/C14H12BrClN2O/c15-10-4-5-13(16)12(7-10)14(19)18-8-9-2-1-3-11(17)6-9/h1-7H,8,17H2,(H,18,19). The van der Waals surface area contributed by atoms with Crippen molar-refractivity contribution in [1.82, 2.24) is 5.32 Å². The van der Waals surface area contributed by atoms with Gasteiger partial charge in [0.05, 0.1) is 10.6 Å². The molecule has 0 radical (unpaired) electrons. The van der Waals surface area contributed by atoms with E-state index in [2.05, 4.69) is 21.2 Å². The molecule has 0 atom stereocenters. The molecule has 0 heterocycles. The minimum Gasteiger partial charge on any atom is -0.399 e. The Hall–Kier alpha value is -1.52. The minimum absolute atomic E-state index is 0.214. The fourth-order valence-corrected chi connectivity index (χ4v) is 2.22. The van der Waals surface area contributed by atoms with Gasteiger partial charge in [0.1, 0.15) is 0 Å². The first-order valence-electron chi connectivity index (χ1n) is 5.64. The third-order valence-electron chi connectivity index (χ3n) is 2.58. The Morgan fingerprint density at radius 1 is 1.26 bits per heavy atom. The maximum atomic E-state index is 12.0. The molecule has 5 heteroatoms. The fraction of sp³-hybridized carbons (Fsp3) is 0.0714. The second-order valence-corrected chi connectivity index (χ2v) is 5.37. The predicted octanol–water partition coefficient (Wildman–Crippen LogP) is 3.61. The number of carbonyl (C=O) groups excluding carboxylic acids is 1. The smallest absolute Gasteiger partial charge is 0.253 e. The van der Waals surface area contributed by atoms with Gasteiger partial charge in [-0.3, -0.25) is 4.79 Å². The lowest BCUT2D eigenvalue weighted by atomic mass is 10.2. The van der Waals surface area contributed by atoms with E-state index in [0.717, 1.165) is 10.0 Å². The molecule has 0 aliphatic carbocycles. The Morgan fingerprint density at radius 3 is 2.79 bits per heavy atom. The van der Waals surface area contributed by atoms with Gasteiger partial charge in [-0.1, -0.05) is 39.7 Å². The molecule has 0 aliphatic rings. The third-order valence-corrected chi connectivity index (χ3v) is 3.40.